The van der Waals surface area contributed by atoms with Gasteiger partial charge in [-0.3, -0.25) is 9.88 Å². The molecular weight excluding hydrogens is 266 g/mol. The zero-order chi connectivity index (χ0) is 14.8. The van der Waals surface area contributed by atoms with Gasteiger partial charge in [0.15, 0.2) is 0 Å². The number of pyridine rings is 1. The van der Waals surface area contributed by atoms with E-state index in [1.807, 2.05) is 12.3 Å². The lowest BCUT2D eigenvalue weighted by atomic mass is 9.83. The standard InChI is InChI=1S/C16H25N3S/c1-3-16(4-2,14-20)13-19(10-6-8-17)12-15-7-5-9-18-11-15/h5,7,9,11,20H,3-4,6,10,12-14H2,1-2H3. The van der Waals surface area contributed by atoms with Crippen molar-refractivity contribution < 1.29 is 0 Å². The van der Waals surface area contributed by atoms with Gasteiger partial charge in [0, 0.05) is 38.4 Å². The van der Waals surface area contributed by atoms with Crippen molar-refractivity contribution in [2.75, 3.05) is 18.8 Å². The summed E-state index contributed by atoms with van der Waals surface area (Å²) in [7, 11) is 0. The van der Waals surface area contributed by atoms with Crippen molar-refractivity contribution >= 4 is 12.6 Å². The van der Waals surface area contributed by atoms with Crippen LogP contribution in [0.1, 0.15) is 38.7 Å². The molecule has 0 fully saturated rings. The van der Waals surface area contributed by atoms with E-state index < -0.39 is 0 Å². The Balaban J connectivity index is 2.76. The first kappa shape index (κ1) is 17.0. The summed E-state index contributed by atoms with van der Waals surface area (Å²) in [6, 6.07) is 6.30. The van der Waals surface area contributed by atoms with Gasteiger partial charge in [-0.2, -0.15) is 17.9 Å². The third kappa shape index (κ3) is 5.15. The van der Waals surface area contributed by atoms with Gasteiger partial charge in [-0.15, -0.1) is 0 Å². The first-order chi connectivity index (χ1) is 9.69. The second kappa shape index (κ2) is 8.99. The van der Waals surface area contributed by atoms with Gasteiger partial charge in [0.25, 0.3) is 0 Å². The Labute approximate surface area is 128 Å². The topological polar surface area (TPSA) is 39.9 Å². The number of nitriles is 1. The predicted molar refractivity (Wildman–Crippen MR) is 86.6 cm³/mol. The van der Waals surface area contributed by atoms with Crippen LogP contribution in [-0.2, 0) is 6.54 Å². The molecule has 0 aliphatic rings. The summed E-state index contributed by atoms with van der Waals surface area (Å²) in [6.45, 7) is 7.10. The molecule has 0 radical (unpaired) electrons. The molecule has 1 heterocycles. The summed E-state index contributed by atoms with van der Waals surface area (Å²) in [4.78, 5) is 6.53. The number of hydrogen-bond donors (Lipinski definition) is 1. The fourth-order valence-electron chi connectivity index (χ4n) is 2.39. The van der Waals surface area contributed by atoms with E-state index in [9.17, 15) is 0 Å². The van der Waals surface area contributed by atoms with Crippen molar-refractivity contribution in [1.82, 2.24) is 9.88 Å². The highest BCUT2D eigenvalue weighted by molar-refractivity contribution is 7.80. The highest BCUT2D eigenvalue weighted by atomic mass is 32.1. The number of aromatic nitrogens is 1. The molecule has 3 nitrogen and oxygen atoms in total. The second-order valence-electron chi connectivity index (χ2n) is 5.35. The number of nitrogens with zero attached hydrogens (tertiary/aromatic N) is 3. The van der Waals surface area contributed by atoms with E-state index >= 15 is 0 Å². The SMILES string of the molecule is CCC(CC)(CS)CN(CCC#N)Cc1cccnc1. The van der Waals surface area contributed by atoms with Crippen molar-refractivity contribution in [2.24, 2.45) is 5.41 Å². The molecule has 1 aromatic heterocycles. The van der Waals surface area contributed by atoms with E-state index in [-0.39, 0.29) is 5.41 Å². The van der Waals surface area contributed by atoms with Crippen LogP contribution in [0.15, 0.2) is 24.5 Å². The molecule has 0 unspecified atom stereocenters. The maximum Gasteiger partial charge on any atom is 0.0635 e. The van der Waals surface area contributed by atoms with Gasteiger partial charge in [0.05, 0.1) is 6.07 Å². The largest absolute Gasteiger partial charge is 0.297 e. The summed E-state index contributed by atoms with van der Waals surface area (Å²) in [5, 5.41) is 8.85. The van der Waals surface area contributed by atoms with Crippen LogP contribution in [0.2, 0.25) is 0 Å². The Hall–Kier alpha value is -1.05. The molecule has 1 aromatic rings. The van der Waals surface area contributed by atoms with E-state index in [1.165, 1.54) is 5.56 Å². The Morgan fingerprint density at radius 1 is 1.40 bits per heavy atom. The van der Waals surface area contributed by atoms with Gasteiger partial charge < -0.3 is 0 Å². The van der Waals surface area contributed by atoms with Crippen molar-refractivity contribution in [1.29, 1.82) is 5.26 Å². The predicted octanol–water partition coefficient (Wildman–Crippen LogP) is 3.53. The van der Waals surface area contributed by atoms with E-state index in [1.54, 1.807) is 6.20 Å². The molecule has 0 aliphatic carbocycles. The zero-order valence-corrected chi connectivity index (χ0v) is 13.4. The van der Waals surface area contributed by atoms with Gasteiger partial charge in [0.1, 0.15) is 0 Å². The van der Waals surface area contributed by atoms with Gasteiger partial charge in [-0.05, 0) is 35.6 Å². The summed E-state index contributed by atoms with van der Waals surface area (Å²) in [5.41, 5.74) is 1.44. The zero-order valence-electron chi connectivity index (χ0n) is 12.5. The minimum Gasteiger partial charge on any atom is -0.297 e. The average Bonchev–Trinajstić information content (AvgIpc) is 2.51. The third-order valence-corrected chi connectivity index (χ3v) is 4.73. The highest BCUT2D eigenvalue weighted by Gasteiger charge is 2.27. The molecule has 1 rings (SSSR count). The average molecular weight is 291 g/mol. The summed E-state index contributed by atoms with van der Waals surface area (Å²) in [5.74, 6) is 0.885. The van der Waals surface area contributed by atoms with E-state index in [2.05, 4.69) is 48.5 Å². The minimum atomic E-state index is 0.237. The van der Waals surface area contributed by atoms with Crippen molar-refractivity contribution in [3.8, 4) is 6.07 Å². The first-order valence-electron chi connectivity index (χ1n) is 7.28. The van der Waals surface area contributed by atoms with Crippen LogP contribution in [0.3, 0.4) is 0 Å². The van der Waals surface area contributed by atoms with E-state index in [0.717, 1.165) is 38.2 Å². The summed E-state index contributed by atoms with van der Waals surface area (Å²) >= 11 is 4.55. The molecule has 0 saturated carbocycles. The smallest absolute Gasteiger partial charge is 0.0635 e. The molecule has 0 aromatic carbocycles. The van der Waals surface area contributed by atoms with Crippen molar-refractivity contribution in [3.63, 3.8) is 0 Å². The van der Waals surface area contributed by atoms with Gasteiger partial charge in [-0.25, -0.2) is 0 Å². The molecule has 20 heavy (non-hydrogen) atoms. The van der Waals surface area contributed by atoms with Crippen LogP contribution < -0.4 is 0 Å². The monoisotopic (exact) mass is 291 g/mol. The van der Waals surface area contributed by atoms with Crippen LogP contribution in [0.25, 0.3) is 0 Å². The normalized spacial score (nSPS) is 11.6. The summed E-state index contributed by atoms with van der Waals surface area (Å²) in [6.07, 6.45) is 6.49. The first-order valence-corrected chi connectivity index (χ1v) is 7.92. The number of rotatable bonds is 9. The third-order valence-electron chi connectivity index (χ3n) is 4.06. The molecule has 0 atom stereocenters. The van der Waals surface area contributed by atoms with Crippen LogP contribution in [0, 0.1) is 16.7 Å². The lowest BCUT2D eigenvalue weighted by Gasteiger charge is -2.36. The van der Waals surface area contributed by atoms with Gasteiger partial charge in [0.2, 0.25) is 0 Å². The van der Waals surface area contributed by atoms with Crippen molar-refractivity contribution in [3.05, 3.63) is 30.1 Å². The Morgan fingerprint density at radius 3 is 2.65 bits per heavy atom. The van der Waals surface area contributed by atoms with Crippen LogP contribution >= 0.6 is 12.6 Å². The molecule has 0 aliphatic heterocycles. The van der Waals surface area contributed by atoms with E-state index in [4.69, 9.17) is 5.26 Å². The highest BCUT2D eigenvalue weighted by Crippen LogP contribution is 2.29. The molecule has 0 amide bonds. The fourth-order valence-corrected chi connectivity index (χ4v) is 2.94. The lowest BCUT2D eigenvalue weighted by molar-refractivity contribution is 0.154. The van der Waals surface area contributed by atoms with Gasteiger partial charge in [-0.1, -0.05) is 19.9 Å². The Bertz CT molecular complexity index is 401. The van der Waals surface area contributed by atoms with Crippen LogP contribution in [-0.4, -0.2) is 28.7 Å². The van der Waals surface area contributed by atoms with Crippen LogP contribution in [0.5, 0.6) is 0 Å². The maximum absolute atomic E-state index is 8.85. The molecule has 0 N–H and O–H groups in total. The molecule has 4 heteroatoms. The lowest BCUT2D eigenvalue weighted by Crippen LogP contribution is -2.38. The maximum atomic E-state index is 8.85. The van der Waals surface area contributed by atoms with Crippen molar-refractivity contribution in [2.45, 2.75) is 39.7 Å². The quantitative estimate of drug-likeness (QED) is 0.707. The van der Waals surface area contributed by atoms with Gasteiger partial charge >= 0.3 is 0 Å². The Kier molecular flexibility index (Phi) is 7.64. The number of thiol groups is 1. The molecule has 0 saturated heterocycles. The van der Waals surface area contributed by atoms with E-state index in [0.29, 0.717) is 6.42 Å². The molecule has 0 bridgehead atoms. The number of hydrogen-bond acceptors (Lipinski definition) is 4. The second-order valence-corrected chi connectivity index (χ2v) is 5.66. The molecular formula is C16H25N3S. The molecule has 0 spiro atoms. The van der Waals surface area contributed by atoms with Crippen LogP contribution in [0.4, 0.5) is 0 Å². The molecule has 110 valence electrons. The summed E-state index contributed by atoms with van der Waals surface area (Å²) < 4.78 is 0. The Morgan fingerprint density at radius 2 is 2.15 bits per heavy atom. The minimum absolute atomic E-state index is 0.237. The fraction of sp³-hybridized carbons (Fsp3) is 0.625.